The van der Waals surface area contributed by atoms with E-state index in [1.807, 2.05) is 19.3 Å². The molecule has 1 aromatic heterocycles. The van der Waals surface area contributed by atoms with Gasteiger partial charge < -0.3 is 5.32 Å². The Morgan fingerprint density at radius 1 is 1.39 bits per heavy atom. The molecule has 1 aromatic rings. The lowest BCUT2D eigenvalue weighted by atomic mass is 10.1. The summed E-state index contributed by atoms with van der Waals surface area (Å²) in [6.45, 7) is 8.97. The van der Waals surface area contributed by atoms with Gasteiger partial charge in [-0.1, -0.05) is 26.3 Å². The number of nitrogens with zero attached hydrogens (tertiary/aromatic N) is 2. The van der Waals surface area contributed by atoms with Crippen LogP contribution in [0.5, 0.6) is 0 Å². The first-order chi connectivity index (χ1) is 8.72. The first-order valence-corrected chi connectivity index (χ1v) is 7.08. The number of anilines is 1. The molecule has 0 radical (unpaired) electrons. The molecule has 0 spiro atoms. The minimum Gasteiger partial charge on any atom is -0.373 e. The van der Waals surface area contributed by atoms with Crippen LogP contribution in [0.1, 0.15) is 45.6 Å². The monoisotopic (exact) mass is 249 g/mol. The topological polar surface area (TPSA) is 28.2 Å². The number of hydrogen-bond donors (Lipinski definition) is 1. The van der Waals surface area contributed by atoms with E-state index in [0.29, 0.717) is 6.04 Å². The second kappa shape index (κ2) is 8.09. The normalized spacial score (nSPS) is 12.7. The predicted molar refractivity (Wildman–Crippen MR) is 78.9 cm³/mol. The molecule has 0 aliphatic heterocycles. The Morgan fingerprint density at radius 3 is 2.78 bits per heavy atom. The summed E-state index contributed by atoms with van der Waals surface area (Å²) < 4.78 is 0. The van der Waals surface area contributed by atoms with Gasteiger partial charge in [0.05, 0.1) is 0 Å². The number of pyridine rings is 1. The highest BCUT2D eigenvalue weighted by Gasteiger charge is 2.13. The molecular formula is C15H27N3. The lowest BCUT2D eigenvalue weighted by Crippen LogP contribution is -2.33. The molecule has 1 unspecified atom stereocenters. The average Bonchev–Trinajstić information content (AvgIpc) is 2.42. The highest BCUT2D eigenvalue weighted by Crippen LogP contribution is 2.17. The summed E-state index contributed by atoms with van der Waals surface area (Å²) in [4.78, 5) is 6.93. The number of hydrogen-bond acceptors (Lipinski definition) is 3. The fourth-order valence-electron chi connectivity index (χ4n) is 2.08. The van der Waals surface area contributed by atoms with Crippen molar-refractivity contribution in [2.45, 2.75) is 52.6 Å². The van der Waals surface area contributed by atoms with Crippen molar-refractivity contribution in [3.8, 4) is 0 Å². The van der Waals surface area contributed by atoms with Gasteiger partial charge in [0, 0.05) is 31.4 Å². The third-order valence-electron chi connectivity index (χ3n) is 3.51. The molecule has 0 saturated carbocycles. The molecule has 3 nitrogen and oxygen atoms in total. The van der Waals surface area contributed by atoms with Gasteiger partial charge in [-0.2, -0.15) is 0 Å². The van der Waals surface area contributed by atoms with E-state index in [2.05, 4.69) is 42.0 Å². The first-order valence-electron chi connectivity index (χ1n) is 7.08. The standard InChI is InChI=1S/C15H27N3/c1-5-7-11-18(13(3)6-2)12-14-9-8-10-17-15(14)16-4/h8-10,13H,5-7,11-12H2,1-4H3,(H,16,17). The van der Waals surface area contributed by atoms with E-state index < -0.39 is 0 Å². The summed E-state index contributed by atoms with van der Waals surface area (Å²) in [7, 11) is 1.94. The van der Waals surface area contributed by atoms with E-state index in [9.17, 15) is 0 Å². The van der Waals surface area contributed by atoms with Gasteiger partial charge in [-0.05, 0) is 32.4 Å². The van der Waals surface area contributed by atoms with E-state index in [-0.39, 0.29) is 0 Å². The fourth-order valence-corrected chi connectivity index (χ4v) is 2.08. The molecule has 0 aliphatic carbocycles. The summed E-state index contributed by atoms with van der Waals surface area (Å²) in [6.07, 6.45) is 5.55. The van der Waals surface area contributed by atoms with Crippen molar-refractivity contribution in [3.05, 3.63) is 23.9 Å². The van der Waals surface area contributed by atoms with E-state index in [1.54, 1.807) is 0 Å². The summed E-state index contributed by atoms with van der Waals surface area (Å²) >= 11 is 0. The zero-order valence-corrected chi connectivity index (χ0v) is 12.2. The van der Waals surface area contributed by atoms with E-state index in [4.69, 9.17) is 0 Å². The summed E-state index contributed by atoms with van der Waals surface area (Å²) in [5.41, 5.74) is 1.29. The van der Waals surface area contributed by atoms with Crippen molar-refractivity contribution in [3.63, 3.8) is 0 Å². The molecule has 0 fully saturated rings. The van der Waals surface area contributed by atoms with Gasteiger partial charge in [0.25, 0.3) is 0 Å². The molecule has 1 heterocycles. The van der Waals surface area contributed by atoms with Crippen molar-refractivity contribution in [1.82, 2.24) is 9.88 Å². The van der Waals surface area contributed by atoms with Crippen LogP contribution in [0.15, 0.2) is 18.3 Å². The Kier molecular flexibility index (Phi) is 6.73. The van der Waals surface area contributed by atoms with Gasteiger partial charge in [0.15, 0.2) is 0 Å². The van der Waals surface area contributed by atoms with Gasteiger partial charge in [0.2, 0.25) is 0 Å². The number of aromatic nitrogens is 1. The molecule has 0 saturated heterocycles. The minimum absolute atomic E-state index is 0.626. The Morgan fingerprint density at radius 2 is 2.17 bits per heavy atom. The van der Waals surface area contributed by atoms with Crippen LogP contribution in [0.3, 0.4) is 0 Å². The molecule has 102 valence electrons. The lowest BCUT2D eigenvalue weighted by Gasteiger charge is -2.28. The van der Waals surface area contributed by atoms with Crippen LogP contribution in [0.2, 0.25) is 0 Å². The van der Waals surface area contributed by atoms with Crippen molar-refractivity contribution in [1.29, 1.82) is 0 Å². The Hall–Kier alpha value is -1.09. The maximum Gasteiger partial charge on any atom is 0.130 e. The quantitative estimate of drug-likeness (QED) is 0.764. The third kappa shape index (κ3) is 4.30. The molecule has 18 heavy (non-hydrogen) atoms. The van der Waals surface area contributed by atoms with Gasteiger partial charge in [-0.3, -0.25) is 4.90 Å². The fraction of sp³-hybridized carbons (Fsp3) is 0.667. The molecule has 0 aliphatic rings. The van der Waals surface area contributed by atoms with Crippen LogP contribution in [0.4, 0.5) is 5.82 Å². The van der Waals surface area contributed by atoms with Crippen molar-refractivity contribution in [2.75, 3.05) is 18.9 Å². The van der Waals surface area contributed by atoms with Gasteiger partial charge in [-0.15, -0.1) is 0 Å². The van der Waals surface area contributed by atoms with Crippen LogP contribution in [0.25, 0.3) is 0 Å². The second-order valence-electron chi connectivity index (χ2n) is 4.84. The second-order valence-corrected chi connectivity index (χ2v) is 4.84. The smallest absolute Gasteiger partial charge is 0.130 e. The predicted octanol–water partition coefficient (Wildman–Crippen LogP) is 3.52. The number of rotatable bonds is 8. The Labute approximate surface area is 112 Å². The molecular weight excluding hydrogens is 222 g/mol. The van der Waals surface area contributed by atoms with Gasteiger partial charge >= 0.3 is 0 Å². The molecule has 0 aromatic carbocycles. The van der Waals surface area contributed by atoms with E-state index in [0.717, 1.165) is 12.4 Å². The number of unbranched alkanes of at least 4 members (excludes halogenated alkanes) is 1. The SMILES string of the molecule is CCCCN(Cc1cccnc1NC)C(C)CC. The zero-order chi connectivity index (χ0) is 13.4. The summed E-state index contributed by atoms with van der Waals surface area (Å²) in [6, 6.07) is 4.81. The highest BCUT2D eigenvalue weighted by atomic mass is 15.1. The van der Waals surface area contributed by atoms with Crippen molar-refractivity contribution >= 4 is 5.82 Å². The minimum atomic E-state index is 0.626. The summed E-state index contributed by atoms with van der Waals surface area (Å²) in [5, 5.41) is 3.18. The van der Waals surface area contributed by atoms with Crippen molar-refractivity contribution < 1.29 is 0 Å². The Balaban J connectivity index is 2.74. The lowest BCUT2D eigenvalue weighted by molar-refractivity contribution is 0.192. The van der Waals surface area contributed by atoms with E-state index in [1.165, 1.54) is 31.4 Å². The van der Waals surface area contributed by atoms with Crippen LogP contribution in [-0.2, 0) is 6.54 Å². The number of nitrogens with one attached hydrogen (secondary N) is 1. The van der Waals surface area contributed by atoms with E-state index >= 15 is 0 Å². The highest BCUT2D eigenvalue weighted by molar-refractivity contribution is 5.42. The van der Waals surface area contributed by atoms with Crippen LogP contribution in [0, 0.1) is 0 Å². The first kappa shape index (κ1) is 15.0. The Bertz CT molecular complexity index is 338. The third-order valence-corrected chi connectivity index (χ3v) is 3.51. The zero-order valence-electron chi connectivity index (χ0n) is 12.2. The van der Waals surface area contributed by atoms with Gasteiger partial charge in [0.1, 0.15) is 5.82 Å². The van der Waals surface area contributed by atoms with Crippen LogP contribution < -0.4 is 5.32 Å². The van der Waals surface area contributed by atoms with Crippen LogP contribution >= 0.6 is 0 Å². The largest absolute Gasteiger partial charge is 0.373 e. The maximum atomic E-state index is 4.38. The molecule has 1 N–H and O–H groups in total. The molecule has 0 bridgehead atoms. The average molecular weight is 249 g/mol. The van der Waals surface area contributed by atoms with Crippen LogP contribution in [-0.4, -0.2) is 29.5 Å². The molecule has 0 amide bonds. The molecule has 1 rings (SSSR count). The molecule has 3 heteroatoms. The van der Waals surface area contributed by atoms with Gasteiger partial charge in [-0.25, -0.2) is 4.98 Å². The summed E-state index contributed by atoms with van der Waals surface area (Å²) in [5.74, 6) is 1.00. The molecule has 1 atom stereocenters. The van der Waals surface area contributed by atoms with Crippen molar-refractivity contribution in [2.24, 2.45) is 0 Å². The maximum absolute atomic E-state index is 4.38.